The number of pyridine rings is 1. The zero-order valence-corrected chi connectivity index (χ0v) is 27.1. The summed E-state index contributed by atoms with van der Waals surface area (Å²) < 4.78 is 29.4. The van der Waals surface area contributed by atoms with Crippen LogP contribution in [0.25, 0.3) is 10.6 Å². The minimum Gasteiger partial charge on any atom is -0.303 e. The predicted molar refractivity (Wildman–Crippen MR) is 177 cm³/mol. The maximum absolute atomic E-state index is 13.8. The van der Waals surface area contributed by atoms with E-state index in [0.717, 1.165) is 54.5 Å². The molecule has 5 nitrogen and oxygen atoms in total. The van der Waals surface area contributed by atoms with E-state index in [4.69, 9.17) is 11.6 Å². The molecule has 1 saturated heterocycles. The first-order chi connectivity index (χ1) is 20.8. The van der Waals surface area contributed by atoms with E-state index >= 15 is 0 Å². The lowest BCUT2D eigenvalue weighted by Gasteiger charge is -2.33. The van der Waals surface area contributed by atoms with E-state index in [1.54, 1.807) is 23.6 Å². The minimum atomic E-state index is -3.65. The van der Waals surface area contributed by atoms with Gasteiger partial charge in [-0.1, -0.05) is 66.6 Å². The first-order valence-electron chi connectivity index (χ1n) is 15.3. The van der Waals surface area contributed by atoms with E-state index in [2.05, 4.69) is 46.3 Å². The number of likely N-dealkylation sites (tertiary alicyclic amines) is 1. The van der Waals surface area contributed by atoms with Crippen molar-refractivity contribution in [1.29, 1.82) is 0 Å². The Bertz CT molecular complexity index is 1600. The van der Waals surface area contributed by atoms with E-state index < -0.39 is 10.0 Å². The summed E-state index contributed by atoms with van der Waals surface area (Å²) in [6, 6.07) is 28.1. The minimum absolute atomic E-state index is 0.236. The highest BCUT2D eigenvalue weighted by Gasteiger charge is 2.57. The molecule has 0 radical (unpaired) electrons. The van der Waals surface area contributed by atoms with Gasteiger partial charge in [-0.25, -0.2) is 8.42 Å². The molecule has 2 aliphatic rings. The summed E-state index contributed by atoms with van der Waals surface area (Å²) in [6.07, 6.45) is 8.90. The number of likely N-dealkylation sites (N-methyl/N-ethyl adjacent to an activating group) is 1. The molecule has 0 spiro atoms. The predicted octanol–water partition coefficient (Wildman–Crippen LogP) is 7.78. The van der Waals surface area contributed by atoms with Gasteiger partial charge in [0.1, 0.15) is 4.21 Å². The molecule has 43 heavy (non-hydrogen) atoms. The maximum Gasteiger partial charge on any atom is 0.252 e. The quantitative estimate of drug-likeness (QED) is 0.160. The van der Waals surface area contributed by atoms with Crippen LogP contribution in [0.2, 0.25) is 5.02 Å². The molecule has 0 amide bonds. The maximum atomic E-state index is 13.8. The van der Waals surface area contributed by atoms with Crippen molar-refractivity contribution in [1.82, 2.24) is 14.2 Å². The van der Waals surface area contributed by atoms with Crippen LogP contribution >= 0.6 is 22.9 Å². The Labute approximate surface area is 265 Å². The lowest BCUT2D eigenvalue weighted by molar-refractivity contribution is 0.167. The molecule has 2 aromatic heterocycles. The average Bonchev–Trinajstić information content (AvgIpc) is 3.46. The van der Waals surface area contributed by atoms with Gasteiger partial charge < -0.3 is 4.90 Å². The van der Waals surface area contributed by atoms with Gasteiger partial charge in [0.05, 0.1) is 10.6 Å². The number of aromatic nitrogens is 1. The second kappa shape index (κ2) is 13.2. The Hall–Kier alpha value is -2.55. The van der Waals surface area contributed by atoms with Crippen LogP contribution in [0.3, 0.4) is 0 Å². The SMILES string of the molecule is CN(C[C@@]1(c2cccc(Cl)c2)C[C@H]1CN1CCC(CCCc2ccccc2)CC1)S(=O)(=O)c1ccc(-c2ccccn2)s1. The smallest absolute Gasteiger partial charge is 0.252 e. The van der Waals surface area contributed by atoms with E-state index in [-0.39, 0.29) is 5.41 Å². The first kappa shape index (κ1) is 30.5. The van der Waals surface area contributed by atoms with Crippen molar-refractivity contribution in [3.05, 3.63) is 107 Å². The largest absolute Gasteiger partial charge is 0.303 e. The van der Waals surface area contributed by atoms with Gasteiger partial charge in [0.25, 0.3) is 10.0 Å². The molecular formula is C35H40ClN3O2S2. The van der Waals surface area contributed by atoms with Crippen LogP contribution in [0.5, 0.6) is 0 Å². The number of sulfonamides is 1. The Morgan fingerprint density at radius 2 is 1.79 bits per heavy atom. The van der Waals surface area contributed by atoms with Crippen LogP contribution in [0.15, 0.2) is 95.3 Å². The third-order valence-corrected chi connectivity index (χ3v) is 13.0. The highest BCUT2D eigenvalue weighted by Crippen LogP contribution is 2.56. The first-order valence-corrected chi connectivity index (χ1v) is 18.0. The lowest BCUT2D eigenvalue weighted by Crippen LogP contribution is -2.39. The van der Waals surface area contributed by atoms with Crippen LogP contribution < -0.4 is 0 Å². The van der Waals surface area contributed by atoms with Crippen molar-refractivity contribution in [2.45, 2.75) is 48.1 Å². The lowest BCUT2D eigenvalue weighted by atomic mass is 9.90. The number of nitrogens with zero attached hydrogens (tertiary/aromatic N) is 3. The Morgan fingerprint density at radius 1 is 1.00 bits per heavy atom. The van der Waals surface area contributed by atoms with Crippen molar-refractivity contribution < 1.29 is 8.42 Å². The fraction of sp³-hybridized carbons (Fsp3) is 0.400. The number of halogens is 1. The van der Waals surface area contributed by atoms with Gasteiger partial charge in [-0.2, -0.15) is 4.31 Å². The average molecular weight is 634 g/mol. The molecule has 1 saturated carbocycles. The van der Waals surface area contributed by atoms with Crippen molar-refractivity contribution in [3.63, 3.8) is 0 Å². The fourth-order valence-electron chi connectivity index (χ4n) is 6.81. The van der Waals surface area contributed by atoms with Gasteiger partial charge in [-0.15, -0.1) is 11.3 Å². The molecule has 0 N–H and O–H groups in total. The van der Waals surface area contributed by atoms with Crippen molar-refractivity contribution in [2.24, 2.45) is 11.8 Å². The van der Waals surface area contributed by atoms with Crippen LogP contribution in [0, 0.1) is 11.8 Å². The number of hydrogen-bond acceptors (Lipinski definition) is 5. The van der Waals surface area contributed by atoms with Gasteiger partial charge in [0.2, 0.25) is 0 Å². The second-order valence-corrected chi connectivity index (χ2v) is 16.1. The van der Waals surface area contributed by atoms with E-state index in [1.165, 1.54) is 42.6 Å². The van der Waals surface area contributed by atoms with Gasteiger partial charge >= 0.3 is 0 Å². The molecule has 6 rings (SSSR count). The third-order valence-electron chi connectivity index (χ3n) is 9.41. The molecule has 2 aromatic carbocycles. The normalized spacial score (nSPS) is 21.3. The van der Waals surface area contributed by atoms with Crippen LogP contribution in [-0.2, 0) is 21.9 Å². The van der Waals surface area contributed by atoms with E-state index in [9.17, 15) is 8.42 Å². The molecule has 0 unspecified atom stereocenters. The molecule has 2 fully saturated rings. The Balaban J connectivity index is 1.09. The fourth-order valence-corrected chi connectivity index (χ4v) is 9.73. The molecule has 226 valence electrons. The van der Waals surface area contributed by atoms with E-state index in [0.29, 0.717) is 21.7 Å². The van der Waals surface area contributed by atoms with Crippen LogP contribution in [-0.4, -0.2) is 55.8 Å². The second-order valence-electron chi connectivity index (χ2n) is 12.3. The Morgan fingerprint density at radius 3 is 2.53 bits per heavy atom. The molecule has 1 aliphatic heterocycles. The highest BCUT2D eigenvalue weighted by molar-refractivity contribution is 7.91. The summed E-state index contributed by atoms with van der Waals surface area (Å²) in [7, 11) is -1.93. The van der Waals surface area contributed by atoms with Crippen molar-refractivity contribution in [3.8, 4) is 10.6 Å². The van der Waals surface area contributed by atoms with Gasteiger partial charge in [-0.05, 0) is 105 Å². The zero-order valence-electron chi connectivity index (χ0n) is 24.7. The molecule has 8 heteroatoms. The summed E-state index contributed by atoms with van der Waals surface area (Å²) in [5.41, 5.74) is 3.13. The zero-order chi connectivity index (χ0) is 29.9. The number of aryl methyl sites for hydroxylation is 1. The number of hydrogen-bond donors (Lipinski definition) is 0. The number of benzene rings is 2. The topological polar surface area (TPSA) is 53.5 Å². The number of rotatable bonds is 12. The van der Waals surface area contributed by atoms with Gasteiger partial charge in [-0.3, -0.25) is 4.98 Å². The summed E-state index contributed by atoms with van der Waals surface area (Å²) in [6.45, 7) is 3.68. The summed E-state index contributed by atoms with van der Waals surface area (Å²) in [4.78, 5) is 7.85. The monoisotopic (exact) mass is 633 g/mol. The van der Waals surface area contributed by atoms with Gasteiger partial charge in [0, 0.05) is 36.8 Å². The van der Waals surface area contributed by atoms with Crippen molar-refractivity contribution >= 4 is 33.0 Å². The molecule has 1 aliphatic carbocycles. The molecule has 3 heterocycles. The molecule has 0 bridgehead atoms. The summed E-state index contributed by atoms with van der Waals surface area (Å²) in [5.74, 6) is 1.19. The van der Waals surface area contributed by atoms with Crippen LogP contribution in [0.4, 0.5) is 0 Å². The molecule has 4 aromatic rings. The van der Waals surface area contributed by atoms with Crippen molar-refractivity contribution in [2.75, 3.05) is 33.2 Å². The number of piperidine rings is 1. The molecular weight excluding hydrogens is 594 g/mol. The number of thiophene rings is 1. The van der Waals surface area contributed by atoms with Crippen LogP contribution in [0.1, 0.15) is 43.2 Å². The van der Waals surface area contributed by atoms with E-state index in [1.807, 2.05) is 42.5 Å². The summed E-state index contributed by atoms with van der Waals surface area (Å²) in [5, 5.41) is 0.697. The standard InChI is InChI=1S/C35H40ClN3O2S2/c1-38(43(40,41)34-17-16-33(42-34)32-15-5-6-20-37-32)26-35(29-13-8-14-31(36)23-29)24-30(35)25-39-21-18-28(19-22-39)12-7-11-27-9-3-2-4-10-27/h2-6,8-10,13-17,20,23,28,30H,7,11-12,18-19,21-22,24-26H2,1H3/t30-,35+/m0/s1. The van der Waals surface area contributed by atoms with Gasteiger partial charge in [0.15, 0.2) is 0 Å². The Kier molecular flexibility index (Phi) is 9.36. The molecule has 2 atom stereocenters. The third kappa shape index (κ3) is 7.07. The highest BCUT2D eigenvalue weighted by atomic mass is 35.5. The summed E-state index contributed by atoms with van der Waals surface area (Å²) >= 11 is 7.73.